The van der Waals surface area contributed by atoms with Crippen LogP contribution in [0.25, 0.3) is 5.69 Å². The number of rotatable bonds is 3. The van der Waals surface area contributed by atoms with Crippen LogP contribution in [0.3, 0.4) is 0 Å². The molecular formula is C19H25ClN4O. The first-order valence-corrected chi connectivity index (χ1v) is 8.88. The van der Waals surface area contributed by atoms with Gasteiger partial charge in [0.15, 0.2) is 0 Å². The number of carbonyl (C=O) groups excluding carboxylic acids is 1. The Morgan fingerprint density at radius 3 is 2.56 bits per heavy atom. The summed E-state index contributed by atoms with van der Waals surface area (Å²) >= 11 is 0. The summed E-state index contributed by atoms with van der Waals surface area (Å²) in [5.74, 6) is 1.22. The normalized spacial score (nSPS) is 28.0. The molecule has 5 nitrogen and oxygen atoms in total. The first kappa shape index (κ1) is 18.0. The lowest BCUT2D eigenvalue weighted by atomic mass is 9.65. The maximum atomic E-state index is 12.8. The van der Waals surface area contributed by atoms with E-state index >= 15 is 0 Å². The van der Waals surface area contributed by atoms with Crippen molar-refractivity contribution in [3.05, 3.63) is 42.7 Å². The summed E-state index contributed by atoms with van der Waals surface area (Å²) in [7, 11) is 0. The second kappa shape index (κ2) is 7.58. The highest BCUT2D eigenvalue weighted by Gasteiger charge is 2.40. The van der Waals surface area contributed by atoms with E-state index in [-0.39, 0.29) is 24.2 Å². The van der Waals surface area contributed by atoms with Gasteiger partial charge in [-0.3, -0.25) is 4.79 Å². The Morgan fingerprint density at radius 2 is 1.88 bits per heavy atom. The van der Waals surface area contributed by atoms with Crippen molar-refractivity contribution in [3.63, 3.8) is 0 Å². The average Bonchev–Trinajstić information content (AvgIpc) is 3.09. The van der Waals surface area contributed by atoms with Gasteiger partial charge in [0, 0.05) is 24.4 Å². The highest BCUT2D eigenvalue weighted by atomic mass is 35.5. The van der Waals surface area contributed by atoms with Crippen molar-refractivity contribution in [2.24, 2.45) is 23.5 Å². The molecule has 6 heteroatoms. The number of hydrogen-bond donors (Lipinski definition) is 2. The number of para-hydroxylation sites is 2. The number of nitrogens with zero attached hydrogens (tertiary/aromatic N) is 2. The van der Waals surface area contributed by atoms with E-state index in [1.165, 1.54) is 19.3 Å². The first-order chi connectivity index (χ1) is 11.7. The lowest BCUT2D eigenvalue weighted by Crippen LogP contribution is -2.48. The van der Waals surface area contributed by atoms with Crippen molar-refractivity contribution in [3.8, 4) is 5.69 Å². The van der Waals surface area contributed by atoms with Crippen molar-refractivity contribution in [1.29, 1.82) is 0 Å². The molecule has 2 atom stereocenters. The van der Waals surface area contributed by atoms with Crippen molar-refractivity contribution in [2.75, 3.05) is 5.32 Å². The molecule has 4 rings (SSSR count). The van der Waals surface area contributed by atoms with Crippen LogP contribution in [0.1, 0.15) is 32.1 Å². The minimum atomic E-state index is 0. The molecule has 0 radical (unpaired) electrons. The molecule has 2 aromatic rings. The number of aromatic nitrogens is 2. The van der Waals surface area contributed by atoms with Crippen LogP contribution < -0.4 is 11.1 Å². The summed E-state index contributed by atoms with van der Waals surface area (Å²) in [5, 5.41) is 7.40. The molecule has 3 N–H and O–H groups in total. The zero-order valence-corrected chi connectivity index (χ0v) is 15.0. The standard InChI is InChI=1S/C19H24N4O.ClH/c20-18-13-5-3-6-14(18)12-15(11-13)19(24)22-16-7-1-2-8-17(16)23-10-4-9-21-23;/h1-2,4,7-10,13-15,18H,3,5-6,11-12,20H2,(H,22,24);1H. The zero-order chi connectivity index (χ0) is 16.5. The summed E-state index contributed by atoms with van der Waals surface area (Å²) in [5.41, 5.74) is 8.05. The molecule has 0 aliphatic heterocycles. The van der Waals surface area contributed by atoms with Crippen LogP contribution in [0.15, 0.2) is 42.7 Å². The van der Waals surface area contributed by atoms with E-state index < -0.39 is 0 Å². The molecule has 2 saturated carbocycles. The molecule has 1 heterocycles. The van der Waals surface area contributed by atoms with Crippen LogP contribution >= 0.6 is 12.4 Å². The third-order valence-corrected chi connectivity index (χ3v) is 5.70. The van der Waals surface area contributed by atoms with Gasteiger partial charge in [0.1, 0.15) is 0 Å². The number of nitrogens with two attached hydrogens (primary N) is 1. The highest BCUT2D eigenvalue weighted by molar-refractivity contribution is 5.94. The Hall–Kier alpha value is -1.85. The van der Waals surface area contributed by atoms with E-state index in [4.69, 9.17) is 5.73 Å². The number of hydrogen-bond acceptors (Lipinski definition) is 3. The largest absolute Gasteiger partial charge is 0.327 e. The molecule has 2 aliphatic carbocycles. The van der Waals surface area contributed by atoms with Crippen LogP contribution in [0.2, 0.25) is 0 Å². The Balaban J connectivity index is 0.00000182. The molecule has 2 fully saturated rings. The first-order valence-electron chi connectivity index (χ1n) is 8.88. The molecule has 134 valence electrons. The molecule has 2 aliphatic rings. The molecule has 1 aromatic heterocycles. The van der Waals surface area contributed by atoms with Gasteiger partial charge < -0.3 is 11.1 Å². The van der Waals surface area contributed by atoms with E-state index in [1.54, 1.807) is 10.9 Å². The summed E-state index contributed by atoms with van der Waals surface area (Å²) in [4.78, 5) is 12.8. The third-order valence-electron chi connectivity index (χ3n) is 5.70. The number of amides is 1. The van der Waals surface area contributed by atoms with Crippen LogP contribution in [-0.4, -0.2) is 21.7 Å². The van der Waals surface area contributed by atoms with Gasteiger partial charge in [-0.05, 0) is 55.7 Å². The lowest BCUT2D eigenvalue weighted by molar-refractivity contribution is -0.122. The summed E-state index contributed by atoms with van der Waals surface area (Å²) < 4.78 is 1.78. The van der Waals surface area contributed by atoms with Gasteiger partial charge in [-0.2, -0.15) is 5.10 Å². The van der Waals surface area contributed by atoms with Gasteiger partial charge in [0.05, 0.1) is 11.4 Å². The van der Waals surface area contributed by atoms with E-state index in [9.17, 15) is 4.79 Å². The van der Waals surface area contributed by atoms with Crippen molar-refractivity contribution < 1.29 is 4.79 Å². The maximum absolute atomic E-state index is 12.8. The fourth-order valence-electron chi connectivity index (χ4n) is 4.43. The number of carbonyl (C=O) groups is 1. The molecular weight excluding hydrogens is 336 g/mol. The van der Waals surface area contributed by atoms with Crippen LogP contribution in [-0.2, 0) is 4.79 Å². The van der Waals surface area contributed by atoms with Crippen molar-refractivity contribution >= 4 is 24.0 Å². The van der Waals surface area contributed by atoms with Crippen LogP contribution in [0.5, 0.6) is 0 Å². The smallest absolute Gasteiger partial charge is 0.227 e. The van der Waals surface area contributed by atoms with E-state index in [1.807, 2.05) is 36.5 Å². The predicted octanol–water partition coefficient (Wildman–Crippen LogP) is 3.39. The van der Waals surface area contributed by atoms with Gasteiger partial charge >= 0.3 is 0 Å². The summed E-state index contributed by atoms with van der Waals surface area (Å²) in [6.45, 7) is 0. The summed E-state index contributed by atoms with van der Waals surface area (Å²) in [6, 6.07) is 9.96. The van der Waals surface area contributed by atoms with E-state index in [0.29, 0.717) is 17.9 Å². The molecule has 1 aromatic carbocycles. The van der Waals surface area contributed by atoms with Gasteiger partial charge in [-0.25, -0.2) is 4.68 Å². The van der Waals surface area contributed by atoms with Gasteiger partial charge in [-0.1, -0.05) is 18.6 Å². The predicted molar refractivity (Wildman–Crippen MR) is 101 cm³/mol. The molecule has 0 spiro atoms. The topological polar surface area (TPSA) is 72.9 Å². The quantitative estimate of drug-likeness (QED) is 0.881. The second-order valence-electron chi connectivity index (χ2n) is 7.15. The number of fused-ring (bicyclic) bond motifs is 2. The monoisotopic (exact) mass is 360 g/mol. The second-order valence-corrected chi connectivity index (χ2v) is 7.15. The average molecular weight is 361 g/mol. The van der Waals surface area contributed by atoms with Crippen LogP contribution in [0.4, 0.5) is 5.69 Å². The number of anilines is 1. The summed E-state index contributed by atoms with van der Waals surface area (Å²) in [6.07, 6.45) is 9.08. The Bertz CT molecular complexity index is 704. The van der Waals surface area contributed by atoms with E-state index in [0.717, 1.165) is 24.2 Å². The SMILES string of the molecule is Cl.NC1C2CCCC1CC(C(=O)Nc1ccccc1-n1cccn1)C2. The third kappa shape index (κ3) is 3.58. The fourth-order valence-corrected chi connectivity index (χ4v) is 4.43. The number of halogens is 1. The molecule has 0 saturated heterocycles. The molecule has 25 heavy (non-hydrogen) atoms. The lowest BCUT2D eigenvalue weighted by Gasteiger charge is -2.43. The van der Waals surface area contributed by atoms with Crippen molar-refractivity contribution in [2.45, 2.75) is 38.1 Å². The minimum absolute atomic E-state index is 0. The van der Waals surface area contributed by atoms with Gasteiger partial charge in [0.2, 0.25) is 5.91 Å². The number of nitrogens with one attached hydrogen (secondary N) is 1. The van der Waals surface area contributed by atoms with Crippen molar-refractivity contribution in [1.82, 2.24) is 9.78 Å². The van der Waals surface area contributed by atoms with Gasteiger partial charge in [-0.15, -0.1) is 12.4 Å². The number of benzene rings is 1. The maximum Gasteiger partial charge on any atom is 0.227 e. The highest BCUT2D eigenvalue weighted by Crippen LogP contribution is 2.42. The zero-order valence-electron chi connectivity index (χ0n) is 14.2. The fraction of sp³-hybridized carbons (Fsp3) is 0.474. The molecule has 2 unspecified atom stereocenters. The van der Waals surface area contributed by atoms with E-state index in [2.05, 4.69) is 10.4 Å². The minimum Gasteiger partial charge on any atom is -0.327 e. The van der Waals surface area contributed by atoms with Gasteiger partial charge in [0.25, 0.3) is 0 Å². The molecule has 2 bridgehead atoms. The molecule has 1 amide bonds. The Morgan fingerprint density at radius 1 is 1.16 bits per heavy atom. The Labute approximate surface area is 154 Å². The Kier molecular flexibility index (Phi) is 5.45. The van der Waals surface area contributed by atoms with Crippen LogP contribution in [0, 0.1) is 17.8 Å².